The smallest absolute Gasteiger partial charge is 0.338 e. The quantitative estimate of drug-likeness (QED) is 0.388. The van der Waals surface area contributed by atoms with Crippen molar-refractivity contribution in [3.8, 4) is 0 Å². The van der Waals surface area contributed by atoms with Gasteiger partial charge < -0.3 is 18.9 Å². The summed E-state index contributed by atoms with van der Waals surface area (Å²) >= 11 is 0. The fourth-order valence-electron chi connectivity index (χ4n) is 3.66. The first-order valence-electron chi connectivity index (χ1n) is 10.8. The average Bonchev–Trinajstić information content (AvgIpc) is 3.19. The maximum atomic E-state index is 12.8. The van der Waals surface area contributed by atoms with Crippen LogP contribution in [-0.4, -0.2) is 48.9 Å². The van der Waals surface area contributed by atoms with E-state index in [4.69, 9.17) is 18.9 Å². The summed E-state index contributed by atoms with van der Waals surface area (Å²) in [4.78, 5) is 38.0. The van der Waals surface area contributed by atoms with E-state index in [1.807, 2.05) is 0 Å². The zero-order chi connectivity index (χ0) is 24.0. The monoisotopic (exact) mass is 460 g/mol. The number of benzene rings is 3. The van der Waals surface area contributed by atoms with Gasteiger partial charge in [-0.05, 0) is 43.3 Å². The SMILES string of the molecule is C[C@]1(COC(=O)c2ccccc2)OC[C@H](OC(=O)c2ccccc2)[C@@H]1OC(=O)c1ccccc1. The predicted octanol–water partition coefficient (Wildman–Crippen LogP) is 4.08. The van der Waals surface area contributed by atoms with E-state index in [-0.39, 0.29) is 13.2 Å². The van der Waals surface area contributed by atoms with Gasteiger partial charge in [-0.2, -0.15) is 0 Å². The van der Waals surface area contributed by atoms with Crippen molar-refractivity contribution in [2.75, 3.05) is 13.2 Å². The maximum absolute atomic E-state index is 12.8. The number of carbonyl (C=O) groups is 3. The van der Waals surface area contributed by atoms with Crippen LogP contribution >= 0.6 is 0 Å². The molecule has 0 bridgehead atoms. The molecular formula is C27H24O7. The van der Waals surface area contributed by atoms with E-state index in [2.05, 4.69) is 0 Å². The fraction of sp³-hybridized carbons (Fsp3) is 0.222. The summed E-state index contributed by atoms with van der Waals surface area (Å²) in [6.45, 7) is 1.43. The van der Waals surface area contributed by atoms with Crippen molar-refractivity contribution < 1.29 is 33.3 Å². The summed E-state index contributed by atoms with van der Waals surface area (Å²) < 4.78 is 22.8. The first-order valence-corrected chi connectivity index (χ1v) is 10.8. The molecule has 7 nitrogen and oxygen atoms in total. The third kappa shape index (κ3) is 5.32. The van der Waals surface area contributed by atoms with E-state index < -0.39 is 35.7 Å². The molecule has 34 heavy (non-hydrogen) atoms. The Morgan fingerprint density at radius 2 is 1.18 bits per heavy atom. The molecule has 0 radical (unpaired) electrons. The van der Waals surface area contributed by atoms with Crippen molar-refractivity contribution >= 4 is 17.9 Å². The van der Waals surface area contributed by atoms with Gasteiger partial charge in [0.2, 0.25) is 0 Å². The van der Waals surface area contributed by atoms with Gasteiger partial charge in [-0.15, -0.1) is 0 Å². The largest absolute Gasteiger partial charge is 0.459 e. The van der Waals surface area contributed by atoms with Crippen LogP contribution in [0.25, 0.3) is 0 Å². The second kappa shape index (κ2) is 10.3. The summed E-state index contributed by atoms with van der Waals surface area (Å²) in [6, 6.07) is 25.5. The Bertz CT molecular complexity index is 1130. The molecule has 0 saturated carbocycles. The normalized spacial score (nSPS) is 21.4. The molecule has 3 aromatic carbocycles. The minimum atomic E-state index is -1.23. The molecule has 1 saturated heterocycles. The van der Waals surface area contributed by atoms with Crippen molar-refractivity contribution in [2.24, 2.45) is 0 Å². The molecule has 0 amide bonds. The van der Waals surface area contributed by atoms with Gasteiger partial charge in [0.25, 0.3) is 0 Å². The molecule has 1 heterocycles. The highest BCUT2D eigenvalue weighted by atomic mass is 16.7. The lowest BCUT2D eigenvalue weighted by Gasteiger charge is -2.31. The van der Waals surface area contributed by atoms with Crippen molar-refractivity contribution in [3.63, 3.8) is 0 Å². The Morgan fingerprint density at radius 1 is 0.735 bits per heavy atom. The topological polar surface area (TPSA) is 88.1 Å². The summed E-state index contributed by atoms with van der Waals surface area (Å²) in [7, 11) is 0. The standard InChI is InChI=1S/C27H24O7/c1-27(18-31-24(28)19-11-5-2-6-12-19)23(34-26(30)21-15-9-4-10-16-21)22(17-32-27)33-25(29)20-13-7-3-8-14-20/h2-16,22-23H,17-18H2,1H3/t22-,23-,27+/m0/s1. The van der Waals surface area contributed by atoms with E-state index in [0.717, 1.165) is 0 Å². The van der Waals surface area contributed by atoms with Crippen molar-refractivity contribution in [1.29, 1.82) is 0 Å². The second-order valence-corrected chi connectivity index (χ2v) is 8.07. The van der Waals surface area contributed by atoms with Crippen molar-refractivity contribution in [2.45, 2.75) is 24.7 Å². The lowest BCUT2D eigenvalue weighted by atomic mass is 9.98. The van der Waals surface area contributed by atoms with E-state index in [1.54, 1.807) is 97.9 Å². The molecule has 174 valence electrons. The summed E-state index contributed by atoms with van der Waals surface area (Å²) in [6.07, 6.45) is -1.89. The van der Waals surface area contributed by atoms with Gasteiger partial charge in [0.1, 0.15) is 12.2 Å². The highest BCUT2D eigenvalue weighted by molar-refractivity contribution is 5.91. The molecule has 3 aromatic rings. The zero-order valence-electron chi connectivity index (χ0n) is 18.6. The molecule has 0 N–H and O–H groups in total. The van der Waals surface area contributed by atoms with Crippen LogP contribution in [0.3, 0.4) is 0 Å². The van der Waals surface area contributed by atoms with Gasteiger partial charge in [0, 0.05) is 0 Å². The predicted molar refractivity (Wildman–Crippen MR) is 122 cm³/mol. The molecule has 7 heteroatoms. The first kappa shape index (κ1) is 23.2. The van der Waals surface area contributed by atoms with E-state index in [0.29, 0.717) is 16.7 Å². The zero-order valence-corrected chi connectivity index (χ0v) is 18.6. The van der Waals surface area contributed by atoms with Crippen molar-refractivity contribution in [3.05, 3.63) is 108 Å². The van der Waals surface area contributed by atoms with Crippen molar-refractivity contribution in [1.82, 2.24) is 0 Å². The minimum absolute atomic E-state index is 0.0231. The fourth-order valence-corrected chi connectivity index (χ4v) is 3.66. The Labute approximate surface area is 197 Å². The molecule has 3 atom stereocenters. The molecule has 0 spiro atoms. The van der Waals surface area contributed by atoms with Crippen LogP contribution in [-0.2, 0) is 18.9 Å². The highest BCUT2D eigenvalue weighted by Gasteiger charge is 2.52. The minimum Gasteiger partial charge on any atom is -0.459 e. The molecule has 1 aliphatic rings. The number of ether oxygens (including phenoxy) is 4. The summed E-state index contributed by atoms with van der Waals surface area (Å²) in [5.74, 6) is -1.71. The number of hydrogen-bond donors (Lipinski definition) is 0. The third-order valence-corrected chi connectivity index (χ3v) is 5.53. The van der Waals surface area contributed by atoms with E-state index >= 15 is 0 Å². The third-order valence-electron chi connectivity index (χ3n) is 5.53. The van der Waals surface area contributed by atoms with E-state index in [9.17, 15) is 14.4 Å². The van der Waals surface area contributed by atoms with Gasteiger partial charge in [0.05, 0.1) is 23.3 Å². The molecule has 0 aliphatic carbocycles. The Kier molecular flexibility index (Phi) is 7.04. The van der Waals surface area contributed by atoms with Gasteiger partial charge in [-0.3, -0.25) is 0 Å². The lowest BCUT2D eigenvalue weighted by Crippen LogP contribution is -2.48. The lowest BCUT2D eigenvalue weighted by molar-refractivity contribution is -0.0948. The summed E-state index contributed by atoms with van der Waals surface area (Å²) in [5, 5.41) is 0. The number of esters is 3. The molecule has 0 aromatic heterocycles. The molecule has 1 aliphatic heterocycles. The van der Waals surface area contributed by atoms with Crippen LogP contribution in [0.15, 0.2) is 91.0 Å². The van der Waals surface area contributed by atoms with E-state index in [1.165, 1.54) is 0 Å². The number of carbonyl (C=O) groups excluding carboxylic acids is 3. The second-order valence-electron chi connectivity index (χ2n) is 8.07. The highest BCUT2D eigenvalue weighted by Crippen LogP contribution is 2.32. The van der Waals surface area contributed by atoms with Gasteiger partial charge in [-0.25, -0.2) is 14.4 Å². The molecular weight excluding hydrogens is 436 g/mol. The number of rotatable bonds is 7. The first-order chi connectivity index (χ1) is 16.5. The van der Waals surface area contributed by atoms with Crippen LogP contribution in [0.2, 0.25) is 0 Å². The van der Waals surface area contributed by atoms with Crippen LogP contribution < -0.4 is 0 Å². The van der Waals surface area contributed by atoms with Crippen LogP contribution in [0.4, 0.5) is 0 Å². The molecule has 4 rings (SSSR count). The maximum Gasteiger partial charge on any atom is 0.338 e. The molecule has 0 unspecified atom stereocenters. The van der Waals surface area contributed by atoms with Crippen LogP contribution in [0.1, 0.15) is 38.0 Å². The van der Waals surface area contributed by atoms with Crippen LogP contribution in [0, 0.1) is 0 Å². The van der Waals surface area contributed by atoms with Crippen LogP contribution in [0.5, 0.6) is 0 Å². The Balaban J connectivity index is 1.52. The molecule has 1 fully saturated rings. The Morgan fingerprint density at radius 3 is 1.68 bits per heavy atom. The van der Waals surface area contributed by atoms with Gasteiger partial charge in [-0.1, -0.05) is 54.6 Å². The Hall–Kier alpha value is -3.97. The summed E-state index contributed by atoms with van der Waals surface area (Å²) in [5.41, 5.74) is -0.142. The van der Waals surface area contributed by atoms with Gasteiger partial charge in [0.15, 0.2) is 12.2 Å². The van der Waals surface area contributed by atoms with Gasteiger partial charge >= 0.3 is 17.9 Å². The average molecular weight is 460 g/mol. The number of hydrogen-bond acceptors (Lipinski definition) is 7.